The highest BCUT2D eigenvalue weighted by Crippen LogP contribution is 2.29. The number of nitrogens with one attached hydrogen (secondary N) is 1. The van der Waals surface area contributed by atoms with Gasteiger partial charge in [-0.1, -0.05) is 37.6 Å². The summed E-state index contributed by atoms with van der Waals surface area (Å²) in [6.45, 7) is 2.46. The van der Waals surface area contributed by atoms with E-state index in [1.54, 1.807) is 12.2 Å². The molecular weight excluding hydrogens is 230 g/mol. The first kappa shape index (κ1) is 12.6. The molecule has 2 N–H and O–H groups in total. The van der Waals surface area contributed by atoms with Crippen LogP contribution in [0.15, 0.2) is 30.3 Å². The fourth-order valence-corrected chi connectivity index (χ4v) is 1.85. The molecule has 1 heterocycles. The normalized spacial score (nSPS) is 21.2. The zero-order valence-electron chi connectivity index (χ0n) is 10.3. The highest BCUT2D eigenvalue weighted by atomic mass is 16.5. The molecule has 96 valence electrons. The summed E-state index contributed by atoms with van der Waals surface area (Å²) in [6, 6.07) is 7.55. The molecule has 0 aliphatic carbocycles. The molecule has 1 atom stereocenters. The number of anilines is 1. The number of ether oxygens (including phenoxy) is 1. The van der Waals surface area contributed by atoms with Gasteiger partial charge in [0.25, 0.3) is 5.72 Å². The van der Waals surface area contributed by atoms with Crippen molar-refractivity contribution in [2.75, 3.05) is 11.9 Å². The molecule has 4 heteroatoms. The molecule has 1 aliphatic heterocycles. The van der Waals surface area contributed by atoms with Crippen molar-refractivity contribution < 1.29 is 14.6 Å². The topological polar surface area (TPSA) is 58.6 Å². The maximum absolute atomic E-state index is 11.4. The molecule has 1 aromatic carbocycles. The molecule has 0 aromatic heterocycles. The maximum atomic E-state index is 11.4. The molecule has 4 nitrogen and oxygen atoms in total. The Bertz CT molecular complexity index is 470. The van der Waals surface area contributed by atoms with Crippen molar-refractivity contribution in [2.45, 2.75) is 25.5 Å². The third kappa shape index (κ3) is 2.38. The number of rotatable bonds is 5. The van der Waals surface area contributed by atoms with Crippen LogP contribution >= 0.6 is 0 Å². The predicted octanol–water partition coefficient (Wildman–Crippen LogP) is 2.72. The molecule has 18 heavy (non-hydrogen) atoms. The van der Waals surface area contributed by atoms with Crippen LogP contribution in [0.3, 0.4) is 0 Å². The number of carbonyl (C=O) groups is 1. The lowest BCUT2D eigenvalue weighted by molar-refractivity contribution is -0.156. The number of hydrogen-bond acceptors (Lipinski definition) is 3. The molecule has 0 saturated heterocycles. The Labute approximate surface area is 106 Å². The Morgan fingerprint density at radius 2 is 2.22 bits per heavy atom. The molecule has 0 radical (unpaired) electrons. The first-order chi connectivity index (χ1) is 8.68. The van der Waals surface area contributed by atoms with Gasteiger partial charge in [0, 0.05) is 5.69 Å². The van der Waals surface area contributed by atoms with Gasteiger partial charge < -0.3 is 15.2 Å². The number of unbranched alkanes of at least 4 members (excludes halogenated alkanes) is 1. The van der Waals surface area contributed by atoms with Crippen LogP contribution in [0.5, 0.6) is 0 Å². The van der Waals surface area contributed by atoms with Gasteiger partial charge in [0.1, 0.15) is 0 Å². The van der Waals surface area contributed by atoms with E-state index in [9.17, 15) is 9.90 Å². The molecule has 0 amide bonds. The third-order valence-electron chi connectivity index (χ3n) is 2.92. The zero-order valence-corrected chi connectivity index (χ0v) is 10.3. The van der Waals surface area contributed by atoms with Crippen molar-refractivity contribution >= 4 is 17.7 Å². The highest BCUT2D eigenvalue weighted by molar-refractivity contribution is 5.89. The van der Waals surface area contributed by atoms with Gasteiger partial charge in [-0.25, -0.2) is 4.79 Å². The number of benzene rings is 1. The first-order valence-electron chi connectivity index (χ1n) is 6.12. The highest BCUT2D eigenvalue weighted by Gasteiger charge is 2.39. The fourth-order valence-electron chi connectivity index (χ4n) is 1.85. The van der Waals surface area contributed by atoms with Crippen LogP contribution in [0.1, 0.15) is 25.3 Å². The van der Waals surface area contributed by atoms with Crippen LogP contribution in [0.4, 0.5) is 5.69 Å². The number of aliphatic carboxylic acids is 1. The van der Waals surface area contributed by atoms with Crippen LogP contribution in [-0.2, 0) is 9.53 Å². The van der Waals surface area contributed by atoms with Gasteiger partial charge in [-0.05, 0) is 24.1 Å². The van der Waals surface area contributed by atoms with Crippen molar-refractivity contribution in [3.05, 3.63) is 35.9 Å². The van der Waals surface area contributed by atoms with Crippen molar-refractivity contribution in [1.29, 1.82) is 0 Å². The van der Waals surface area contributed by atoms with E-state index < -0.39 is 11.7 Å². The Balaban J connectivity index is 2.22. The minimum absolute atomic E-state index is 0.419. The standard InChI is InChI=1S/C14H17NO3/c1-2-3-10-18-14(13(16)17)9-8-11-6-4-5-7-12(11)15-14/h4-9,15H,2-3,10H2,1H3,(H,16,17). The van der Waals surface area contributed by atoms with Crippen molar-refractivity contribution in [1.82, 2.24) is 0 Å². The molecule has 0 fully saturated rings. The summed E-state index contributed by atoms with van der Waals surface area (Å²) in [5, 5.41) is 12.3. The van der Waals surface area contributed by atoms with Crippen LogP contribution in [0, 0.1) is 0 Å². The van der Waals surface area contributed by atoms with E-state index in [0.717, 1.165) is 24.1 Å². The number of carboxylic acid groups (broad SMARTS) is 1. The van der Waals surface area contributed by atoms with Crippen molar-refractivity contribution in [2.24, 2.45) is 0 Å². The number of hydrogen-bond donors (Lipinski definition) is 2. The van der Waals surface area contributed by atoms with E-state index in [0.29, 0.717) is 6.61 Å². The monoisotopic (exact) mass is 247 g/mol. The van der Waals surface area contributed by atoms with E-state index in [2.05, 4.69) is 5.32 Å². The molecule has 0 bridgehead atoms. The van der Waals surface area contributed by atoms with Gasteiger partial charge >= 0.3 is 5.97 Å². The largest absolute Gasteiger partial charge is 0.477 e. The van der Waals surface area contributed by atoms with E-state index >= 15 is 0 Å². The summed E-state index contributed by atoms with van der Waals surface area (Å²) in [4.78, 5) is 11.4. The van der Waals surface area contributed by atoms with Gasteiger partial charge in [0.15, 0.2) is 0 Å². The summed E-state index contributed by atoms with van der Waals surface area (Å²) in [7, 11) is 0. The van der Waals surface area contributed by atoms with E-state index in [-0.39, 0.29) is 0 Å². The third-order valence-corrected chi connectivity index (χ3v) is 2.92. The lowest BCUT2D eigenvalue weighted by atomic mass is 10.0. The number of fused-ring (bicyclic) bond motifs is 1. The zero-order chi connectivity index (χ0) is 13.0. The summed E-state index contributed by atoms with van der Waals surface area (Å²) in [6.07, 6.45) is 5.15. The van der Waals surface area contributed by atoms with E-state index in [1.807, 2.05) is 31.2 Å². The smallest absolute Gasteiger partial charge is 0.361 e. The average molecular weight is 247 g/mol. The summed E-state index contributed by atoms with van der Waals surface area (Å²) in [5.74, 6) is -1.02. The molecule has 0 saturated carbocycles. The Kier molecular flexibility index (Phi) is 3.67. The lowest BCUT2D eigenvalue weighted by Crippen LogP contribution is -2.48. The second kappa shape index (κ2) is 5.23. The lowest BCUT2D eigenvalue weighted by Gasteiger charge is -2.32. The minimum Gasteiger partial charge on any atom is -0.477 e. The van der Waals surface area contributed by atoms with Crippen LogP contribution in [0.2, 0.25) is 0 Å². The quantitative estimate of drug-likeness (QED) is 0.785. The van der Waals surface area contributed by atoms with E-state index in [4.69, 9.17) is 4.74 Å². The average Bonchev–Trinajstić information content (AvgIpc) is 2.38. The predicted molar refractivity (Wildman–Crippen MR) is 70.3 cm³/mol. The minimum atomic E-state index is -1.44. The van der Waals surface area contributed by atoms with Crippen molar-refractivity contribution in [3.63, 3.8) is 0 Å². The van der Waals surface area contributed by atoms with Gasteiger partial charge in [0.2, 0.25) is 0 Å². The van der Waals surface area contributed by atoms with Gasteiger partial charge in [-0.3, -0.25) is 0 Å². The van der Waals surface area contributed by atoms with Crippen LogP contribution < -0.4 is 5.32 Å². The summed E-state index contributed by atoms with van der Waals surface area (Å²) < 4.78 is 5.53. The first-order valence-corrected chi connectivity index (χ1v) is 6.12. The summed E-state index contributed by atoms with van der Waals surface area (Å²) in [5.41, 5.74) is 0.302. The van der Waals surface area contributed by atoms with Gasteiger partial charge in [0.05, 0.1) is 6.61 Å². The summed E-state index contributed by atoms with van der Waals surface area (Å²) >= 11 is 0. The second-order valence-electron chi connectivity index (χ2n) is 4.29. The Hall–Kier alpha value is -1.81. The number of para-hydroxylation sites is 1. The Morgan fingerprint density at radius 1 is 1.44 bits per heavy atom. The number of carboxylic acids is 1. The molecule has 1 unspecified atom stereocenters. The Morgan fingerprint density at radius 3 is 2.94 bits per heavy atom. The molecule has 1 aliphatic rings. The van der Waals surface area contributed by atoms with E-state index in [1.165, 1.54) is 0 Å². The van der Waals surface area contributed by atoms with Crippen LogP contribution in [0.25, 0.3) is 6.08 Å². The van der Waals surface area contributed by atoms with Crippen molar-refractivity contribution in [3.8, 4) is 0 Å². The molecular formula is C14H17NO3. The van der Waals surface area contributed by atoms with Gasteiger partial charge in [-0.15, -0.1) is 0 Å². The fraction of sp³-hybridized carbons (Fsp3) is 0.357. The SMILES string of the molecule is CCCCOC1(C(=O)O)C=Cc2ccccc2N1. The maximum Gasteiger partial charge on any atom is 0.361 e. The second-order valence-corrected chi connectivity index (χ2v) is 4.29. The molecule has 2 rings (SSSR count). The molecule has 0 spiro atoms. The van der Waals surface area contributed by atoms with Crippen LogP contribution in [-0.4, -0.2) is 23.4 Å². The van der Waals surface area contributed by atoms with Gasteiger partial charge in [-0.2, -0.15) is 0 Å². The molecule has 1 aromatic rings.